The molecule has 0 heteroatoms. The molecule has 2 aromatic carbocycles. The second-order valence-corrected chi connectivity index (χ2v) is 8.21. The Hall–Kier alpha value is -1.82. The van der Waals surface area contributed by atoms with E-state index in [2.05, 4.69) is 54.6 Å². The molecule has 0 spiro atoms. The highest BCUT2D eigenvalue weighted by molar-refractivity contribution is 5.83. The van der Waals surface area contributed by atoms with Crippen LogP contribution >= 0.6 is 0 Å². The number of fused-ring (bicyclic) bond motifs is 3. The number of benzene rings is 2. The smallest absolute Gasteiger partial charge is 0.0451 e. The first-order chi connectivity index (χ1) is 12.4. The van der Waals surface area contributed by atoms with E-state index in [1.807, 2.05) is 0 Å². The van der Waals surface area contributed by atoms with Crippen LogP contribution in [-0.2, 0) is 5.41 Å². The minimum absolute atomic E-state index is 0.161. The first-order valence-corrected chi connectivity index (χ1v) is 10.3. The fraction of sp³-hybridized carbons (Fsp3) is 0.440. The predicted molar refractivity (Wildman–Crippen MR) is 106 cm³/mol. The maximum Gasteiger partial charge on any atom is 0.0451 e. The Morgan fingerprint density at radius 1 is 0.680 bits per heavy atom. The molecule has 2 aromatic rings. The molecular formula is C25H28. The van der Waals surface area contributed by atoms with E-state index in [1.54, 1.807) is 16.7 Å². The van der Waals surface area contributed by atoms with Crippen molar-refractivity contribution < 1.29 is 0 Å². The zero-order valence-corrected chi connectivity index (χ0v) is 15.1. The maximum absolute atomic E-state index is 2.62. The first kappa shape index (κ1) is 15.4. The monoisotopic (exact) mass is 328 g/mol. The Balaban J connectivity index is 1.81. The highest BCUT2D eigenvalue weighted by atomic mass is 14.5. The lowest BCUT2D eigenvalue weighted by atomic mass is 9.58. The SMILES string of the molecule is C1=C(C2(C3CCCCC3)c3ccccc3-c3ccccc32)CCCC1. The lowest BCUT2D eigenvalue weighted by Crippen LogP contribution is -2.38. The van der Waals surface area contributed by atoms with Gasteiger partial charge in [-0.05, 0) is 66.7 Å². The summed E-state index contributed by atoms with van der Waals surface area (Å²) in [6.07, 6.45) is 14.9. The fourth-order valence-corrected chi connectivity index (χ4v) is 6.05. The van der Waals surface area contributed by atoms with Crippen molar-refractivity contribution in [2.45, 2.75) is 63.2 Å². The highest BCUT2D eigenvalue weighted by Crippen LogP contribution is 2.60. The molecule has 3 aliphatic carbocycles. The largest absolute Gasteiger partial charge is 0.0841 e. The van der Waals surface area contributed by atoms with Gasteiger partial charge in [0.15, 0.2) is 0 Å². The maximum atomic E-state index is 2.62. The summed E-state index contributed by atoms with van der Waals surface area (Å²) >= 11 is 0. The molecule has 25 heavy (non-hydrogen) atoms. The lowest BCUT2D eigenvalue weighted by Gasteiger charge is -2.45. The van der Waals surface area contributed by atoms with Gasteiger partial charge in [0.1, 0.15) is 0 Å². The molecule has 0 amide bonds. The molecular weight excluding hydrogens is 300 g/mol. The number of hydrogen-bond donors (Lipinski definition) is 0. The summed E-state index contributed by atoms with van der Waals surface area (Å²) < 4.78 is 0. The van der Waals surface area contributed by atoms with E-state index in [-0.39, 0.29) is 5.41 Å². The van der Waals surface area contributed by atoms with Gasteiger partial charge in [0.05, 0.1) is 0 Å². The molecule has 0 N–H and O–H groups in total. The average Bonchev–Trinajstić information content (AvgIpc) is 3.01. The third-order valence-corrected chi connectivity index (χ3v) is 7.01. The van der Waals surface area contributed by atoms with E-state index in [4.69, 9.17) is 0 Å². The van der Waals surface area contributed by atoms with Crippen molar-refractivity contribution in [3.05, 3.63) is 71.3 Å². The summed E-state index contributed by atoms with van der Waals surface area (Å²) in [4.78, 5) is 0. The third-order valence-electron chi connectivity index (χ3n) is 7.01. The van der Waals surface area contributed by atoms with Gasteiger partial charge in [0.25, 0.3) is 0 Å². The van der Waals surface area contributed by atoms with Crippen molar-refractivity contribution in [2.24, 2.45) is 5.92 Å². The zero-order chi connectivity index (χ0) is 16.7. The van der Waals surface area contributed by atoms with Crippen LogP contribution in [0, 0.1) is 5.92 Å². The van der Waals surface area contributed by atoms with Crippen LogP contribution in [0.15, 0.2) is 60.2 Å². The third kappa shape index (κ3) is 2.19. The van der Waals surface area contributed by atoms with Crippen LogP contribution in [0.25, 0.3) is 11.1 Å². The van der Waals surface area contributed by atoms with Crippen molar-refractivity contribution >= 4 is 0 Å². The standard InChI is InChI=1S/C25H28/c1-3-11-19(12-4-1)25(20-13-5-2-6-14-20)23-17-9-7-15-21(23)22-16-8-10-18-24(22)25/h7-11,15-18,20H,1-6,12-14H2. The summed E-state index contributed by atoms with van der Waals surface area (Å²) in [5.41, 5.74) is 8.11. The van der Waals surface area contributed by atoms with Crippen molar-refractivity contribution in [2.75, 3.05) is 0 Å². The molecule has 0 unspecified atom stereocenters. The molecule has 1 saturated carbocycles. The zero-order valence-electron chi connectivity index (χ0n) is 15.1. The molecule has 0 aromatic heterocycles. The van der Waals surface area contributed by atoms with Crippen molar-refractivity contribution in [3.8, 4) is 11.1 Å². The minimum Gasteiger partial charge on any atom is -0.0841 e. The summed E-state index contributed by atoms with van der Waals surface area (Å²) in [7, 11) is 0. The quantitative estimate of drug-likeness (QED) is 0.519. The molecule has 0 bridgehead atoms. The van der Waals surface area contributed by atoms with E-state index in [0.29, 0.717) is 0 Å². The van der Waals surface area contributed by atoms with Gasteiger partial charge in [-0.25, -0.2) is 0 Å². The summed E-state index contributed by atoms with van der Waals surface area (Å²) in [5.74, 6) is 0.774. The lowest BCUT2D eigenvalue weighted by molar-refractivity contribution is 0.264. The van der Waals surface area contributed by atoms with Crippen molar-refractivity contribution in [1.82, 2.24) is 0 Å². The Kier molecular flexibility index (Phi) is 3.81. The molecule has 0 saturated heterocycles. The van der Waals surface area contributed by atoms with Crippen LogP contribution in [0.1, 0.15) is 68.9 Å². The fourth-order valence-electron chi connectivity index (χ4n) is 6.05. The Bertz CT molecular complexity index is 759. The molecule has 1 fully saturated rings. The normalized spacial score (nSPS) is 22.2. The van der Waals surface area contributed by atoms with Gasteiger partial charge >= 0.3 is 0 Å². The molecule has 5 rings (SSSR count). The Morgan fingerprint density at radius 2 is 1.32 bits per heavy atom. The number of allylic oxidation sites excluding steroid dienone is 2. The van der Waals surface area contributed by atoms with E-state index in [1.165, 1.54) is 68.9 Å². The molecule has 128 valence electrons. The van der Waals surface area contributed by atoms with Crippen LogP contribution in [0.2, 0.25) is 0 Å². The predicted octanol–water partition coefficient (Wildman–Crippen LogP) is 7.03. The number of hydrogen-bond acceptors (Lipinski definition) is 0. The minimum atomic E-state index is 0.161. The second kappa shape index (κ2) is 6.16. The van der Waals surface area contributed by atoms with Gasteiger partial charge in [-0.2, -0.15) is 0 Å². The Labute approximate surface area is 152 Å². The first-order valence-electron chi connectivity index (χ1n) is 10.3. The topological polar surface area (TPSA) is 0 Å². The molecule has 3 aliphatic rings. The van der Waals surface area contributed by atoms with Crippen molar-refractivity contribution in [1.29, 1.82) is 0 Å². The van der Waals surface area contributed by atoms with E-state index in [0.717, 1.165) is 5.92 Å². The molecule has 0 nitrogen and oxygen atoms in total. The van der Waals surface area contributed by atoms with Crippen LogP contribution < -0.4 is 0 Å². The van der Waals surface area contributed by atoms with Crippen LogP contribution in [0.4, 0.5) is 0 Å². The summed E-state index contributed by atoms with van der Waals surface area (Å²) in [6, 6.07) is 18.6. The summed E-state index contributed by atoms with van der Waals surface area (Å²) in [5, 5.41) is 0. The van der Waals surface area contributed by atoms with E-state index < -0.39 is 0 Å². The number of rotatable bonds is 2. The van der Waals surface area contributed by atoms with Gasteiger partial charge in [-0.3, -0.25) is 0 Å². The second-order valence-electron chi connectivity index (χ2n) is 8.21. The molecule has 0 heterocycles. The highest BCUT2D eigenvalue weighted by Gasteiger charge is 2.50. The summed E-state index contributed by atoms with van der Waals surface area (Å²) in [6.45, 7) is 0. The molecule has 0 aliphatic heterocycles. The average molecular weight is 328 g/mol. The van der Waals surface area contributed by atoms with Crippen LogP contribution in [-0.4, -0.2) is 0 Å². The van der Waals surface area contributed by atoms with Crippen molar-refractivity contribution in [3.63, 3.8) is 0 Å². The van der Waals surface area contributed by atoms with Crippen LogP contribution in [0.5, 0.6) is 0 Å². The van der Waals surface area contributed by atoms with Gasteiger partial charge in [-0.1, -0.05) is 79.4 Å². The Morgan fingerprint density at radius 3 is 1.92 bits per heavy atom. The van der Waals surface area contributed by atoms with Crippen LogP contribution in [0.3, 0.4) is 0 Å². The molecule has 0 radical (unpaired) electrons. The van der Waals surface area contributed by atoms with Gasteiger partial charge in [0, 0.05) is 5.41 Å². The van der Waals surface area contributed by atoms with Gasteiger partial charge < -0.3 is 0 Å². The molecule has 0 atom stereocenters. The van der Waals surface area contributed by atoms with Gasteiger partial charge in [0.2, 0.25) is 0 Å². The van der Waals surface area contributed by atoms with Gasteiger partial charge in [-0.15, -0.1) is 0 Å². The van der Waals surface area contributed by atoms with E-state index in [9.17, 15) is 0 Å². The van der Waals surface area contributed by atoms with E-state index >= 15 is 0 Å².